The van der Waals surface area contributed by atoms with E-state index in [0.29, 0.717) is 54.9 Å². The molecule has 1 fully saturated rings. The Morgan fingerprint density at radius 1 is 1.23 bits per heavy atom. The molecule has 1 aliphatic heterocycles. The van der Waals surface area contributed by atoms with Gasteiger partial charge in [0.2, 0.25) is 5.91 Å². The van der Waals surface area contributed by atoms with Crippen LogP contribution >= 0.6 is 11.6 Å². The minimum atomic E-state index is -0.504. The predicted molar refractivity (Wildman–Crippen MR) is 168 cm³/mol. The normalized spacial score (nSPS) is 15.5. The number of benzene rings is 2. The summed E-state index contributed by atoms with van der Waals surface area (Å²) in [5.74, 6) is -1.07. The first-order valence-corrected chi connectivity index (χ1v) is 15.2. The molecule has 0 saturated carbocycles. The fraction of sp³-hybridized carbons (Fsp3) is 0.455. The lowest BCUT2D eigenvalue weighted by Gasteiger charge is -2.32. The fourth-order valence-electron chi connectivity index (χ4n) is 6.45. The summed E-state index contributed by atoms with van der Waals surface area (Å²) in [6, 6.07) is 8.38. The molecule has 0 unspecified atom stereocenters. The number of piperidine rings is 1. The highest BCUT2D eigenvalue weighted by molar-refractivity contribution is 6.35. The number of likely N-dealkylation sites (tertiary alicyclic amines) is 1. The van der Waals surface area contributed by atoms with Crippen molar-refractivity contribution in [2.75, 3.05) is 26.7 Å². The summed E-state index contributed by atoms with van der Waals surface area (Å²) in [4.78, 5) is 45.1. The van der Waals surface area contributed by atoms with Gasteiger partial charge in [0.25, 0.3) is 5.56 Å². The number of pyridine rings is 1. The largest absolute Gasteiger partial charge is 0.343 e. The first-order chi connectivity index (χ1) is 20.4. The van der Waals surface area contributed by atoms with Crippen LogP contribution in [0.3, 0.4) is 0 Å². The quantitative estimate of drug-likeness (QED) is 0.233. The molecular weight excluding hydrogens is 569 g/mol. The van der Waals surface area contributed by atoms with Gasteiger partial charge in [0.05, 0.1) is 22.3 Å². The topological polar surface area (TPSA) is 102 Å². The first kappa shape index (κ1) is 30.9. The number of para-hydroxylation sites is 1. The van der Waals surface area contributed by atoms with E-state index in [9.17, 15) is 18.8 Å². The minimum absolute atomic E-state index is 0.0289. The molecule has 1 aliphatic rings. The monoisotopic (exact) mass is 607 g/mol. The van der Waals surface area contributed by atoms with Crippen molar-refractivity contribution < 1.29 is 14.0 Å². The molecule has 0 spiro atoms. The number of aromatic nitrogens is 3. The highest BCUT2D eigenvalue weighted by atomic mass is 35.5. The van der Waals surface area contributed by atoms with Crippen LogP contribution < -0.4 is 5.56 Å². The fourth-order valence-corrected chi connectivity index (χ4v) is 6.72. The summed E-state index contributed by atoms with van der Waals surface area (Å²) in [6.45, 7) is 9.10. The highest BCUT2D eigenvalue weighted by Gasteiger charge is 2.28. The van der Waals surface area contributed by atoms with Gasteiger partial charge in [-0.2, -0.15) is 5.10 Å². The van der Waals surface area contributed by atoms with Crippen molar-refractivity contribution in [2.24, 2.45) is 11.3 Å². The number of aldehydes is 1. The Labute approximate surface area is 255 Å². The summed E-state index contributed by atoms with van der Waals surface area (Å²) in [7, 11) is 2.07. The average Bonchev–Trinajstić information content (AvgIpc) is 3.45. The molecule has 1 amide bonds. The van der Waals surface area contributed by atoms with E-state index >= 15 is 0 Å². The SMILES string of the molecule is CN(Cc1c(C[C@H](C=O)CC(=O)N2CCC(c3cc4cccc(F)c4[nH]c3=O)CC2)cc(Cl)c2[nH]ncc12)CC(C)(C)C. The zero-order valence-corrected chi connectivity index (χ0v) is 25.9. The van der Waals surface area contributed by atoms with Crippen molar-refractivity contribution in [2.45, 2.75) is 58.9 Å². The Morgan fingerprint density at radius 3 is 2.67 bits per heavy atom. The van der Waals surface area contributed by atoms with Crippen LogP contribution in [0.15, 0.2) is 41.3 Å². The van der Waals surface area contributed by atoms with E-state index in [1.54, 1.807) is 29.3 Å². The van der Waals surface area contributed by atoms with Crippen molar-refractivity contribution in [1.82, 2.24) is 25.0 Å². The van der Waals surface area contributed by atoms with E-state index in [-0.39, 0.29) is 34.7 Å². The number of nitrogens with one attached hydrogen (secondary N) is 2. The van der Waals surface area contributed by atoms with Gasteiger partial charge in [0.15, 0.2) is 0 Å². The van der Waals surface area contributed by atoms with Gasteiger partial charge in [-0.1, -0.05) is 44.5 Å². The van der Waals surface area contributed by atoms with Crippen molar-refractivity contribution >= 4 is 45.6 Å². The lowest BCUT2D eigenvalue weighted by molar-refractivity contribution is -0.134. The van der Waals surface area contributed by atoms with Gasteiger partial charge in [-0.15, -0.1) is 0 Å². The lowest BCUT2D eigenvalue weighted by Crippen LogP contribution is -2.39. The van der Waals surface area contributed by atoms with Gasteiger partial charge in [-0.05, 0) is 67.0 Å². The van der Waals surface area contributed by atoms with E-state index in [1.807, 2.05) is 6.07 Å². The molecular formula is C33H39ClFN5O3. The molecule has 1 atom stereocenters. The van der Waals surface area contributed by atoms with E-state index < -0.39 is 11.7 Å². The van der Waals surface area contributed by atoms with Gasteiger partial charge in [-0.3, -0.25) is 14.7 Å². The molecule has 2 aromatic carbocycles. The number of halogens is 2. The third kappa shape index (κ3) is 6.99. The van der Waals surface area contributed by atoms with Gasteiger partial charge in [0, 0.05) is 54.9 Å². The molecule has 228 valence electrons. The molecule has 8 nitrogen and oxygen atoms in total. The third-order valence-electron chi connectivity index (χ3n) is 8.32. The second-order valence-corrected chi connectivity index (χ2v) is 13.5. The van der Waals surface area contributed by atoms with Gasteiger partial charge in [0.1, 0.15) is 12.1 Å². The number of amides is 1. The van der Waals surface area contributed by atoms with Crippen LogP contribution in [0, 0.1) is 17.2 Å². The standard InChI is InChI=1S/C33H39ClFN5O3/c1-33(2,3)19-39(4)17-26-23(15-27(34)31-25(26)16-36-38-31)12-20(18-41)13-29(42)40-10-8-21(9-11-40)24-14-22-6-5-7-28(35)30(22)37-32(24)43/h5-7,14-16,18,20-21H,8-13,17,19H2,1-4H3,(H,36,38)(H,37,43)/t20-/m0/s1. The van der Waals surface area contributed by atoms with Crippen LogP contribution in [-0.4, -0.2) is 63.9 Å². The summed E-state index contributed by atoms with van der Waals surface area (Å²) in [6.07, 6.45) is 4.38. The van der Waals surface area contributed by atoms with Crippen LogP contribution in [0.2, 0.25) is 5.02 Å². The van der Waals surface area contributed by atoms with Crippen LogP contribution in [-0.2, 0) is 22.6 Å². The van der Waals surface area contributed by atoms with Gasteiger partial charge in [-0.25, -0.2) is 4.39 Å². The Balaban J connectivity index is 1.27. The zero-order valence-electron chi connectivity index (χ0n) is 25.2. The van der Waals surface area contributed by atoms with Crippen molar-refractivity contribution in [3.8, 4) is 0 Å². The highest BCUT2D eigenvalue weighted by Crippen LogP contribution is 2.32. The molecule has 0 radical (unpaired) electrons. The zero-order chi connectivity index (χ0) is 30.9. The maximum Gasteiger partial charge on any atom is 0.251 e. The number of H-pyrrole nitrogens is 2. The number of fused-ring (bicyclic) bond motifs is 2. The van der Waals surface area contributed by atoms with Crippen molar-refractivity contribution in [3.63, 3.8) is 0 Å². The number of nitrogens with zero attached hydrogens (tertiary/aromatic N) is 3. The van der Waals surface area contributed by atoms with Gasteiger partial charge >= 0.3 is 0 Å². The molecule has 0 aliphatic carbocycles. The number of carbonyl (C=O) groups excluding carboxylic acids is 2. The molecule has 2 aromatic heterocycles. The average molecular weight is 608 g/mol. The van der Waals surface area contributed by atoms with Crippen LogP contribution in [0.5, 0.6) is 0 Å². The van der Waals surface area contributed by atoms with E-state index in [1.165, 1.54) is 6.07 Å². The number of aromatic amines is 2. The molecule has 10 heteroatoms. The lowest BCUT2D eigenvalue weighted by atomic mass is 9.88. The number of carbonyl (C=O) groups is 2. The molecule has 2 N–H and O–H groups in total. The summed E-state index contributed by atoms with van der Waals surface area (Å²) < 4.78 is 14.1. The van der Waals surface area contributed by atoms with E-state index in [2.05, 4.69) is 47.9 Å². The second kappa shape index (κ2) is 12.6. The maximum absolute atomic E-state index is 14.1. The minimum Gasteiger partial charge on any atom is -0.343 e. The molecule has 3 heterocycles. The Morgan fingerprint density at radius 2 is 1.98 bits per heavy atom. The smallest absolute Gasteiger partial charge is 0.251 e. The molecule has 1 saturated heterocycles. The molecule has 43 heavy (non-hydrogen) atoms. The Bertz CT molecular complexity index is 1700. The maximum atomic E-state index is 14.1. The summed E-state index contributed by atoms with van der Waals surface area (Å²) in [5.41, 5.74) is 3.41. The molecule has 4 aromatic rings. The summed E-state index contributed by atoms with van der Waals surface area (Å²) >= 11 is 6.60. The van der Waals surface area contributed by atoms with Crippen LogP contribution in [0.25, 0.3) is 21.8 Å². The number of rotatable bonds is 9. The number of hydrogen-bond acceptors (Lipinski definition) is 5. The third-order valence-corrected chi connectivity index (χ3v) is 8.62. The predicted octanol–water partition coefficient (Wildman–Crippen LogP) is 5.83. The van der Waals surface area contributed by atoms with E-state index in [4.69, 9.17) is 11.6 Å². The van der Waals surface area contributed by atoms with Crippen LogP contribution in [0.1, 0.15) is 62.6 Å². The second-order valence-electron chi connectivity index (χ2n) is 13.1. The summed E-state index contributed by atoms with van der Waals surface area (Å²) in [5, 5.41) is 9.30. The van der Waals surface area contributed by atoms with Crippen molar-refractivity contribution in [3.05, 3.63) is 74.4 Å². The van der Waals surface area contributed by atoms with E-state index in [0.717, 1.165) is 34.9 Å². The molecule has 5 rings (SSSR count). The van der Waals surface area contributed by atoms with Crippen LogP contribution in [0.4, 0.5) is 4.39 Å². The number of hydrogen-bond donors (Lipinski definition) is 2. The van der Waals surface area contributed by atoms with Gasteiger partial charge < -0.3 is 19.6 Å². The van der Waals surface area contributed by atoms with Crippen molar-refractivity contribution in [1.29, 1.82) is 0 Å². The Kier molecular flexibility index (Phi) is 9.04. The molecule has 0 bridgehead atoms. The Hall–Kier alpha value is -3.56. The first-order valence-electron chi connectivity index (χ1n) is 14.8.